The number of hydrogen-bond acceptors (Lipinski definition) is 2. The Kier molecular flexibility index (Phi) is 4.76. The summed E-state index contributed by atoms with van der Waals surface area (Å²) in [6, 6.07) is 12.3. The SMILES string of the molecule is O=C(NC(CBr)c1ccccc1)C1CCCc2sccc21. The molecule has 2 aromatic rings. The van der Waals surface area contributed by atoms with Crippen LogP contribution < -0.4 is 5.32 Å². The monoisotopic (exact) mass is 363 g/mol. The fourth-order valence-electron chi connectivity index (χ4n) is 2.93. The Bertz CT molecular complexity index is 610. The van der Waals surface area contributed by atoms with Crippen LogP contribution in [0.4, 0.5) is 0 Å². The van der Waals surface area contributed by atoms with Crippen LogP contribution >= 0.6 is 27.3 Å². The van der Waals surface area contributed by atoms with Crippen molar-refractivity contribution in [3.63, 3.8) is 0 Å². The number of nitrogens with one attached hydrogen (secondary N) is 1. The Labute approximate surface area is 137 Å². The summed E-state index contributed by atoms with van der Waals surface area (Å²) in [6.45, 7) is 0. The highest BCUT2D eigenvalue weighted by atomic mass is 79.9. The van der Waals surface area contributed by atoms with Gasteiger partial charge in [0.05, 0.1) is 12.0 Å². The number of carbonyl (C=O) groups is 1. The second-order valence-electron chi connectivity index (χ2n) is 5.37. The highest BCUT2D eigenvalue weighted by Gasteiger charge is 2.28. The van der Waals surface area contributed by atoms with E-state index in [0.29, 0.717) is 0 Å². The number of benzene rings is 1. The van der Waals surface area contributed by atoms with Gasteiger partial charge in [-0.25, -0.2) is 0 Å². The van der Waals surface area contributed by atoms with Crippen LogP contribution in [0.3, 0.4) is 0 Å². The lowest BCUT2D eigenvalue weighted by atomic mass is 9.87. The van der Waals surface area contributed by atoms with E-state index >= 15 is 0 Å². The van der Waals surface area contributed by atoms with Crippen molar-refractivity contribution in [3.8, 4) is 0 Å². The third-order valence-corrected chi connectivity index (χ3v) is 5.69. The molecule has 2 nitrogen and oxygen atoms in total. The van der Waals surface area contributed by atoms with Crippen LogP contribution in [0.5, 0.6) is 0 Å². The van der Waals surface area contributed by atoms with Crippen molar-refractivity contribution in [1.82, 2.24) is 5.32 Å². The molecular formula is C17H18BrNOS. The van der Waals surface area contributed by atoms with Crippen molar-refractivity contribution in [3.05, 3.63) is 57.8 Å². The summed E-state index contributed by atoms with van der Waals surface area (Å²) >= 11 is 5.29. The molecule has 0 radical (unpaired) electrons. The number of rotatable bonds is 4. The highest BCUT2D eigenvalue weighted by molar-refractivity contribution is 9.09. The summed E-state index contributed by atoms with van der Waals surface area (Å²) in [4.78, 5) is 14.1. The Morgan fingerprint density at radius 2 is 2.14 bits per heavy atom. The number of halogens is 1. The van der Waals surface area contributed by atoms with Gasteiger partial charge in [0.1, 0.15) is 0 Å². The maximum atomic E-state index is 12.7. The van der Waals surface area contributed by atoms with Crippen molar-refractivity contribution >= 4 is 33.2 Å². The maximum Gasteiger partial charge on any atom is 0.228 e. The zero-order chi connectivity index (χ0) is 14.7. The number of amides is 1. The molecule has 110 valence electrons. The van der Waals surface area contributed by atoms with Crippen molar-refractivity contribution < 1.29 is 4.79 Å². The number of hydrogen-bond donors (Lipinski definition) is 1. The third-order valence-electron chi connectivity index (χ3n) is 4.04. The number of carbonyl (C=O) groups excluding carboxylic acids is 1. The van der Waals surface area contributed by atoms with Gasteiger partial charge in [0, 0.05) is 10.2 Å². The first kappa shape index (κ1) is 14.8. The van der Waals surface area contributed by atoms with E-state index in [1.54, 1.807) is 11.3 Å². The summed E-state index contributed by atoms with van der Waals surface area (Å²) in [5.41, 5.74) is 2.38. The van der Waals surface area contributed by atoms with E-state index in [-0.39, 0.29) is 17.9 Å². The van der Waals surface area contributed by atoms with Crippen LogP contribution in [-0.2, 0) is 11.2 Å². The van der Waals surface area contributed by atoms with Crippen LogP contribution in [0.15, 0.2) is 41.8 Å². The van der Waals surface area contributed by atoms with Gasteiger partial charge in [0.15, 0.2) is 0 Å². The van der Waals surface area contributed by atoms with E-state index < -0.39 is 0 Å². The fourth-order valence-corrected chi connectivity index (χ4v) is 4.45. The van der Waals surface area contributed by atoms with Crippen LogP contribution in [-0.4, -0.2) is 11.2 Å². The molecule has 1 aromatic carbocycles. The summed E-state index contributed by atoms with van der Waals surface area (Å²) < 4.78 is 0. The van der Waals surface area contributed by atoms with Crippen molar-refractivity contribution in [2.75, 3.05) is 5.33 Å². The Balaban J connectivity index is 1.75. The van der Waals surface area contributed by atoms with Crippen molar-refractivity contribution in [2.24, 2.45) is 0 Å². The standard InChI is InChI=1S/C17H18BrNOS/c18-11-15(12-5-2-1-3-6-12)19-17(20)14-7-4-8-16-13(14)9-10-21-16/h1-3,5-6,9-10,14-15H,4,7-8,11H2,(H,19,20). The predicted molar refractivity (Wildman–Crippen MR) is 91.1 cm³/mol. The zero-order valence-electron chi connectivity index (χ0n) is 11.7. The van der Waals surface area contributed by atoms with E-state index in [4.69, 9.17) is 0 Å². The van der Waals surface area contributed by atoms with Gasteiger partial charge < -0.3 is 5.32 Å². The van der Waals surface area contributed by atoms with E-state index in [1.807, 2.05) is 18.2 Å². The fraction of sp³-hybridized carbons (Fsp3) is 0.353. The molecule has 0 saturated heterocycles. The summed E-state index contributed by atoms with van der Waals surface area (Å²) in [5, 5.41) is 6.04. The van der Waals surface area contributed by atoms with Gasteiger partial charge in [-0.2, -0.15) is 0 Å². The maximum absolute atomic E-state index is 12.7. The molecule has 2 atom stereocenters. The third kappa shape index (κ3) is 3.22. The van der Waals surface area contributed by atoms with E-state index in [2.05, 4.69) is 44.8 Å². The molecule has 1 aromatic heterocycles. The molecule has 1 amide bonds. The minimum absolute atomic E-state index is 0.0188. The van der Waals surface area contributed by atoms with E-state index in [0.717, 1.165) is 30.2 Å². The van der Waals surface area contributed by atoms with Gasteiger partial charge >= 0.3 is 0 Å². The smallest absolute Gasteiger partial charge is 0.228 e. The molecular weight excluding hydrogens is 346 g/mol. The Hall–Kier alpha value is -1.13. The summed E-state index contributed by atoms with van der Waals surface area (Å²) in [7, 11) is 0. The first-order chi connectivity index (χ1) is 10.3. The lowest BCUT2D eigenvalue weighted by molar-refractivity contribution is -0.123. The minimum Gasteiger partial charge on any atom is -0.348 e. The molecule has 1 aliphatic rings. The highest BCUT2D eigenvalue weighted by Crippen LogP contribution is 2.35. The molecule has 4 heteroatoms. The largest absolute Gasteiger partial charge is 0.348 e. The first-order valence-electron chi connectivity index (χ1n) is 7.27. The average Bonchev–Trinajstić information content (AvgIpc) is 3.01. The molecule has 3 rings (SSSR count). The molecule has 21 heavy (non-hydrogen) atoms. The lowest BCUT2D eigenvalue weighted by Crippen LogP contribution is -2.34. The number of aryl methyl sites for hydroxylation is 1. The number of fused-ring (bicyclic) bond motifs is 1. The van der Waals surface area contributed by atoms with Crippen molar-refractivity contribution in [2.45, 2.75) is 31.2 Å². The van der Waals surface area contributed by atoms with Crippen LogP contribution in [0.2, 0.25) is 0 Å². The Morgan fingerprint density at radius 3 is 2.90 bits per heavy atom. The first-order valence-corrected chi connectivity index (χ1v) is 9.27. The summed E-state index contributed by atoms with van der Waals surface area (Å²) in [6.07, 6.45) is 3.19. The second kappa shape index (κ2) is 6.75. The summed E-state index contributed by atoms with van der Waals surface area (Å²) in [5.74, 6) is 0.174. The zero-order valence-corrected chi connectivity index (χ0v) is 14.1. The molecule has 0 aliphatic heterocycles. The van der Waals surface area contributed by atoms with E-state index in [9.17, 15) is 4.79 Å². The van der Waals surface area contributed by atoms with Gasteiger partial charge in [0.2, 0.25) is 5.91 Å². The second-order valence-corrected chi connectivity index (χ2v) is 7.02. The molecule has 0 spiro atoms. The van der Waals surface area contributed by atoms with Crippen LogP contribution in [0, 0.1) is 0 Å². The molecule has 2 unspecified atom stereocenters. The molecule has 0 fully saturated rings. The normalized spacial score (nSPS) is 18.8. The molecule has 1 aliphatic carbocycles. The van der Waals surface area contributed by atoms with Gasteiger partial charge in [-0.1, -0.05) is 46.3 Å². The predicted octanol–water partition coefficient (Wildman–Crippen LogP) is 4.42. The van der Waals surface area contributed by atoms with Crippen LogP contribution in [0.25, 0.3) is 0 Å². The van der Waals surface area contributed by atoms with Gasteiger partial charge in [0.25, 0.3) is 0 Å². The van der Waals surface area contributed by atoms with Gasteiger partial charge in [-0.15, -0.1) is 11.3 Å². The van der Waals surface area contributed by atoms with E-state index in [1.165, 1.54) is 10.4 Å². The molecule has 0 saturated carbocycles. The van der Waals surface area contributed by atoms with Crippen LogP contribution in [0.1, 0.15) is 40.8 Å². The lowest BCUT2D eigenvalue weighted by Gasteiger charge is -2.25. The number of thiophene rings is 1. The van der Waals surface area contributed by atoms with Crippen molar-refractivity contribution in [1.29, 1.82) is 0 Å². The Morgan fingerprint density at radius 1 is 1.33 bits per heavy atom. The van der Waals surface area contributed by atoms with Gasteiger partial charge in [-0.3, -0.25) is 4.79 Å². The molecule has 1 heterocycles. The average molecular weight is 364 g/mol. The topological polar surface area (TPSA) is 29.1 Å². The molecule has 1 N–H and O–H groups in total. The minimum atomic E-state index is 0.0188. The quantitative estimate of drug-likeness (QED) is 0.800. The number of alkyl halides is 1. The molecule has 0 bridgehead atoms. The van der Waals surface area contributed by atoms with Gasteiger partial charge in [-0.05, 0) is 41.8 Å².